The Morgan fingerprint density at radius 3 is 2.43 bits per heavy atom. The molecule has 0 saturated heterocycles. The minimum Gasteiger partial charge on any atom is -0.408 e. The smallest absolute Gasteiger partial charge is 0.293 e. The number of hydrogen-bond donors (Lipinski definition) is 1. The molecular weight excluding hydrogens is 132 g/mol. The normalized spacial score (nSPS) is 11.7. The van der Waals surface area contributed by atoms with Crippen LogP contribution in [0.3, 0.4) is 0 Å². The molecule has 0 aliphatic rings. The van der Waals surface area contributed by atoms with E-state index < -0.39 is 19.1 Å². The van der Waals surface area contributed by atoms with E-state index in [1.807, 2.05) is 0 Å². The fraction of sp³-hybridized carbons (Fsp3) is 1.00. The predicted octanol–water partition coefficient (Wildman–Crippen LogP) is -1.37. The predicted molar refractivity (Wildman–Crippen MR) is 30.5 cm³/mol. The van der Waals surface area contributed by atoms with Gasteiger partial charge in [-0.3, -0.25) is 0 Å². The van der Waals surface area contributed by atoms with E-state index in [0.29, 0.717) is 6.61 Å². The van der Waals surface area contributed by atoms with Crippen molar-refractivity contribution in [3.8, 4) is 0 Å². The van der Waals surface area contributed by atoms with Crippen molar-refractivity contribution < 1.29 is 12.8 Å². The standard InChI is InChI=1S/C2H8O3SSi/c1-2-5-7-6(3)4/h6H,2,7H2,1H3. The molecule has 0 heterocycles. The third-order valence-corrected chi connectivity index (χ3v) is 2.38. The second-order valence-corrected chi connectivity index (χ2v) is 4.61. The molecule has 0 aromatic rings. The molecular formula is C2H8O3SSi. The molecule has 3 nitrogen and oxygen atoms in total. The zero-order chi connectivity index (χ0) is 5.70. The zero-order valence-electron chi connectivity index (χ0n) is 4.09. The van der Waals surface area contributed by atoms with Gasteiger partial charge in [-0.05, 0) is 6.92 Å². The van der Waals surface area contributed by atoms with Crippen LogP contribution in [0.2, 0.25) is 0 Å². The number of rotatable bonds is 3. The van der Waals surface area contributed by atoms with Gasteiger partial charge in [0.25, 0.3) is 8.91 Å². The van der Waals surface area contributed by atoms with Crippen LogP contribution < -0.4 is 0 Å². The molecule has 0 unspecified atom stereocenters. The quantitative estimate of drug-likeness (QED) is 0.389. The Morgan fingerprint density at radius 2 is 2.29 bits per heavy atom. The van der Waals surface area contributed by atoms with E-state index in [1.54, 1.807) is 6.92 Å². The molecule has 0 bridgehead atoms. The molecule has 0 aliphatic carbocycles. The minimum atomic E-state index is -2.19. The van der Waals surface area contributed by atoms with E-state index in [9.17, 15) is 8.42 Å². The molecule has 0 N–H and O–H groups in total. The summed E-state index contributed by atoms with van der Waals surface area (Å²) in [4.78, 5) is 0. The summed E-state index contributed by atoms with van der Waals surface area (Å²) in [6.45, 7) is 2.31. The Hall–Kier alpha value is 0.127. The fourth-order valence-electron chi connectivity index (χ4n) is 0.166. The molecule has 0 saturated carbocycles. The molecule has 44 valence electrons. The Balaban J connectivity index is 2.98. The molecule has 0 aromatic carbocycles. The van der Waals surface area contributed by atoms with Crippen molar-refractivity contribution >= 4 is 19.1 Å². The summed E-state index contributed by atoms with van der Waals surface area (Å²) in [5.74, 6) is 0. The van der Waals surface area contributed by atoms with Gasteiger partial charge in [0.1, 0.15) is 10.2 Å². The first-order valence-corrected chi connectivity index (χ1v) is 5.80. The van der Waals surface area contributed by atoms with E-state index in [-0.39, 0.29) is 0 Å². The van der Waals surface area contributed by atoms with Gasteiger partial charge >= 0.3 is 0 Å². The van der Waals surface area contributed by atoms with E-state index in [2.05, 4.69) is 4.43 Å². The Bertz CT molecular complexity index is 91.1. The lowest BCUT2D eigenvalue weighted by atomic mass is 10.9. The summed E-state index contributed by atoms with van der Waals surface area (Å²) in [5.41, 5.74) is 0. The largest absolute Gasteiger partial charge is 0.408 e. The zero-order valence-corrected chi connectivity index (χ0v) is 6.39. The van der Waals surface area contributed by atoms with Crippen molar-refractivity contribution in [3.05, 3.63) is 0 Å². The van der Waals surface area contributed by atoms with Gasteiger partial charge in [-0.15, -0.1) is 0 Å². The van der Waals surface area contributed by atoms with E-state index >= 15 is 0 Å². The van der Waals surface area contributed by atoms with Crippen LogP contribution in [0, 0.1) is 0 Å². The Morgan fingerprint density at radius 1 is 1.71 bits per heavy atom. The molecule has 0 spiro atoms. The summed E-state index contributed by atoms with van der Waals surface area (Å²) < 4.78 is 24.1. The topological polar surface area (TPSA) is 43.4 Å². The van der Waals surface area contributed by atoms with E-state index in [0.717, 1.165) is 0 Å². The van der Waals surface area contributed by atoms with Crippen molar-refractivity contribution in [2.24, 2.45) is 0 Å². The second kappa shape index (κ2) is 4.29. The summed E-state index contributed by atoms with van der Waals surface area (Å²) >= 11 is 0. The molecule has 0 atom stereocenters. The summed E-state index contributed by atoms with van der Waals surface area (Å²) in [6, 6.07) is 0. The van der Waals surface area contributed by atoms with Crippen LogP contribution in [0.5, 0.6) is 0 Å². The van der Waals surface area contributed by atoms with Crippen LogP contribution in [-0.4, -0.2) is 23.9 Å². The fourth-order valence-corrected chi connectivity index (χ4v) is 1.49. The van der Waals surface area contributed by atoms with Gasteiger partial charge in [0.05, 0.1) is 0 Å². The first kappa shape index (κ1) is 7.13. The van der Waals surface area contributed by atoms with Gasteiger partial charge in [0, 0.05) is 6.61 Å². The van der Waals surface area contributed by atoms with Gasteiger partial charge in [0.2, 0.25) is 0 Å². The van der Waals surface area contributed by atoms with Crippen LogP contribution in [0.15, 0.2) is 0 Å². The molecule has 0 rings (SSSR count). The third kappa shape index (κ3) is 6.13. The summed E-state index contributed by atoms with van der Waals surface area (Å²) in [7, 11) is -3.39. The molecule has 5 heteroatoms. The lowest BCUT2D eigenvalue weighted by Crippen LogP contribution is -1.98. The average Bonchev–Trinajstić information content (AvgIpc) is 1.61. The van der Waals surface area contributed by atoms with Gasteiger partial charge in [-0.1, -0.05) is 0 Å². The van der Waals surface area contributed by atoms with E-state index in [1.165, 1.54) is 0 Å². The highest BCUT2D eigenvalue weighted by Gasteiger charge is 1.83. The molecule has 0 radical (unpaired) electrons. The number of hydrogen-bond acceptors (Lipinski definition) is 3. The van der Waals surface area contributed by atoms with Crippen LogP contribution in [-0.2, 0) is 14.6 Å². The van der Waals surface area contributed by atoms with Gasteiger partial charge < -0.3 is 4.43 Å². The van der Waals surface area contributed by atoms with Crippen LogP contribution >= 0.6 is 0 Å². The van der Waals surface area contributed by atoms with E-state index in [4.69, 9.17) is 0 Å². The lowest BCUT2D eigenvalue weighted by Gasteiger charge is -1.86. The first-order chi connectivity index (χ1) is 3.27. The van der Waals surface area contributed by atoms with Crippen molar-refractivity contribution in [1.29, 1.82) is 0 Å². The highest BCUT2D eigenvalue weighted by atomic mass is 32.4. The van der Waals surface area contributed by atoms with Gasteiger partial charge in [0.15, 0.2) is 0 Å². The Kier molecular flexibility index (Phi) is 4.37. The van der Waals surface area contributed by atoms with Crippen LogP contribution in [0.25, 0.3) is 0 Å². The maximum Gasteiger partial charge on any atom is 0.293 e. The summed E-state index contributed by atoms with van der Waals surface area (Å²) in [6.07, 6.45) is 0. The number of thiol groups is 1. The first-order valence-electron chi connectivity index (χ1n) is 1.97. The Labute approximate surface area is 46.2 Å². The van der Waals surface area contributed by atoms with Crippen LogP contribution in [0.4, 0.5) is 0 Å². The van der Waals surface area contributed by atoms with Crippen molar-refractivity contribution in [2.45, 2.75) is 6.92 Å². The maximum absolute atomic E-state index is 9.73. The molecule has 0 amide bonds. The van der Waals surface area contributed by atoms with Crippen molar-refractivity contribution in [1.82, 2.24) is 0 Å². The second-order valence-electron chi connectivity index (χ2n) is 0.955. The maximum atomic E-state index is 9.73. The summed E-state index contributed by atoms with van der Waals surface area (Å²) in [5, 5.41) is 0. The minimum absolute atomic E-state index is 0.523. The molecule has 0 fully saturated rings. The van der Waals surface area contributed by atoms with Gasteiger partial charge in [-0.2, -0.15) is 0 Å². The molecule has 7 heavy (non-hydrogen) atoms. The highest BCUT2D eigenvalue weighted by Crippen LogP contribution is 1.65. The highest BCUT2D eigenvalue weighted by molar-refractivity contribution is 7.98. The monoisotopic (exact) mass is 140 g/mol. The molecule has 0 aromatic heterocycles. The third-order valence-electron chi connectivity index (χ3n) is 0.401. The van der Waals surface area contributed by atoms with Crippen LogP contribution in [0.1, 0.15) is 6.92 Å². The SMILES string of the molecule is CCO[SiH2][SH](=O)=O. The van der Waals surface area contributed by atoms with Crippen molar-refractivity contribution in [2.75, 3.05) is 6.61 Å². The van der Waals surface area contributed by atoms with Gasteiger partial charge in [-0.25, -0.2) is 8.42 Å². The van der Waals surface area contributed by atoms with Crippen molar-refractivity contribution in [3.63, 3.8) is 0 Å². The lowest BCUT2D eigenvalue weighted by molar-refractivity contribution is 0.370. The average molecular weight is 140 g/mol. The molecule has 0 aliphatic heterocycles.